The molecule has 1 saturated carbocycles. The Morgan fingerprint density at radius 2 is 1.61 bits per heavy atom. The Bertz CT molecular complexity index is 974. The molecule has 5 heteroatoms. The number of carbonyl (C=O) groups is 1. The lowest BCUT2D eigenvalue weighted by Gasteiger charge is -2.27. The summed E-state index contributed by atoms with van der Waals surface area (Å²) >= 11 is 5.96. The Balaban J connectivity index is 1.56. The molecule has 28 heavy (non-hydrogen) atoms. The zero-order chi connectivity index (χ0) is 19.7. The summed E-state index contributed by atoms with van der Waals surface area (Å²) in [6, 6.07) is 14.8. The van der Waals surface area contributed by atoms with Crippen molar-refractivity contribution in [2.45, 2.75) is 19.3 Å². The highest BCUT2D eigenvalue weighted by atomic mass is 35.5. The molecular formula is C23H22ClN3O. The molecule has 1 amide bonds. The average molecular weight is 392 g/mol. The molecule has 0 atom stereocenters. The summed E-state index contributed by atoms with van der Waals surface area (Å²) in [4.78, 5) is 14.1. The SMILES string of the molecule is N=C(C1=CCN(C(=O)C2CC2)CC1)c1ccccc1C(=N)c1ccc(Cl)cc1. The van der Waals surface area contributed by atoms with E-state index in [9.17, 15) is 4.79 Å². The molecule has 4 rings (SSSR count). The number of halogens is 1. The van der Waals surface area contributed by atoms with E-state index in [0.29, 0.717) is 36.0 Å². The highest BCUT2D eigenvalue weighted by Crippen LogP contribution is 2.32. The van der Waals surface area contributed by atoms with E-state index in [1.165, 1.54) is 0 Å². The number of benzene rings is 2. The topological polar surface area (TPSA) is 68.0 Å². The number of carbonyl (C=O) groups excluding carboxylic acids is 1. The van der Waals surface area contributed by atoms with Gasteiger partial charge in [-0.25, -0.2) is 0 Å². The summed E-state index contributed by atoms with van der Waals surface area (Å²) in [5.74, 6) is 0.488. The van der Waals surface area contributed by atoms with Crippen molar-refractivity contribution in [1.29, 1.82) is 10.8 Å². The third-order valence-electron chi connectivity index (χ3n) is 5.37. The van der Waals surface area contributed by atoms with Crippen molar-refractivity contribution < 1.29 is 4.79 Å². The van der Waals surface area contributed by atoms with Crippen LogP contribution < -0.4 is 0 Å². The minimum Gasteiger partial charge on any atom is -0.338 e. The third-order valence-corrected chi connectivity index (χ3v) is 5.62. The van der Waals surface area contributed by atoms with Crippen molar-refractivity contribution in [2.75, 3.05) is 13.1 Å². The van der Waals surface area contributed by atoms with Gasteiger partial charge in [0, 0.05) is 40.7 Å². The molecule has 142 valence electrons. The quantitative estimate of drug-likeness (QED) is 0.713. The minimum atomic E-state index is 0.231. The number of nitrogens with zero attached hydrogens (tertiary/aromatic N) is 1. The molecule has 0 saturated heterocycles. The lowest BCUT2D eigenvalue weighted by molar-refractivity contribution is -0.132. The van der Waals surface area contributed by atoms with Crippen LogP contribution in [0, 0.1) is 16.7 Å². The van der Waals surface area contributed by atoms with Crippen LogP contribution in [0.4, 0.5) is 0 Å². The molecule has 0 aromatic heterocycles. The maximum Gasteiger partial charge on any atom is 0.225 e. The summed E-state index contributed by atoms with van der Waals surface area (Å²) in [7, 11) is 0. The summed E-state index contributed by atoms with van der Waals surface area (Å²) in [5.41, 5.74) is 3.99. The van der Waals surface area contributed by atoms with Gasteiger partial charge in [-0.3, -0.25) is 15.6 Å². The van der Waals surface area contributed by atoms with Gasteiger partial charge in [0.25, 0.3) is 0 Å². The molecule has 1 fully saturated rings. The molecule has 1 heterocycles. The van der Waals surface area contributed by atoms with Gasteiger partial charge in [-0.1, -0.05) is 54.1 Å². The number of rotatable bonds is 5. The van der Waals surface area contributed by atoms with E-state index < -0.39 is 0 Å². The number of amides is 1. The van der Waals surface area contributed by atoms with Crippen molar-refractivity contribution in [2.24, 2.45) is 5.92 Å². The molecule has 2 aliphatic rings. The molecule has 0 unspecified atom stereocenters. The van der Waals surface area contributed by atoms with Crippen molar-refractivity contribution in [3.8, 4) is 0 Å². The summed E-state index contributed by atoms with van der Waals surface area (Å²) in [6.07, 6.45) is 4.71. The average Bonchev–Trinajstić information content (AvgIpc) is 3.58. The molecule has 2 aromatic carbocycles. The number of nitrogens with one attached hydrogen (secondary N) is 2. The first-order valence-electron chi connectivity index (χ1n) is 9.55. The van der Waals surface area contributed by atoms with Gasteiger partial charge in [0.05, 0.1) is 11.4 Å². The van der Waals surface area contributed by atoms with E-state index in [1.807, 2.05) is 47.4 Å². The molecule has 0 radical (unpaired) electrons. The standard InChI is InChI=1S/C23H22ClN3O/c24-18-9-7-15(8-10-18)21(25)19-3-1-2-4-20(19)22(26)16-11-13-27(14-12-16)23(28)17-5-6-17/h1-4,7-11,17,25-26H,5-6,12-14H2. The van der Waals surface area contributed by atoms with E-state index in [1.54, 1.807) is 12.1 Å². The van der Waals surface area contributed by atoms with Crippen molar-refractivity contribution >= 4 is 28.9 Å². The van der Waals surface area contributed by atoms with Crippen LogP contribution >= 0.6 is 11.6 Å². The van der Waals surface area contributed by atoms with Crippen molar-refractivity contribution in [3.05, 3.63) is 81.9 Å². The van der Waals surface area contributed by atoms with Crippen LogP contribution in [-0.2, 0) is 4.79 Å². The zero-order valence-corrected chi connectivity index (χ0v) is 16.3. The van der Waals surface area contributed by atoms with Gasteiger partial charge in [-0.15, -0.1) is 0 Å². The van der Waals surface area contributed by atoms with Crippen LogP contribution in [0.15, 0.2) is 60.2 Å². The van der Waals surface area contributed by atoms with Gasteiger partial charge < -0.3 is 4.90 Å². The van der Waals surface area contributed by atoms with Gasteiger partial charge in [-0.2, -0.15) is 0 Å². The van der Waals surface area contributed by atoms with Crippen LogP contribution in [0.25, 0.3) is 0 Å². The highest BCUT2D eigenvalue weighted by molar-refractivity contribution is 6.30. The summed E-state index contributed by atoms with van der Waals surface area (Å²) < 4.78 is 0. The van der Waals surface area contributed by atoms with Gasteiger partial charge >= 0.3 is 0 Å². The van der Waals surface area contributed by atoms with Gasteiger partial charge in [0.15, 0.2) is 0 Å². The number of hydrogen-bond acceptors (Lipinski definition) is 3. The Labute approximate surface area is 169 Å². The first-order chi connectivity index (χ1) is 13.5. The smallest absolute Gasteiger partial charge is 0.225 e. The lowest BCUT2D eigenvalue weighted by atomic mass is 9.90. The molecule has 0 bridgehead atoms. The fraction of sp³-hybridized carbons (Fsp3) is 0.261. The summed E-state index contributed by atoms with van der Waals surface area (Å²) in [5, 5.41) is 18.0. The normalized spacial score (nSPS) is 16.5. The largest absolute Gasteiger partial charge is 0.338 e. The Morgan fingerprint density at radius 3 is 2.18 bits per heavy atom. The zero-order valence-electron chi connectivity index (χ0n) is 15.5. The highest BCUT2D eigenvalue weighted by Gasteiger charge is 2.34. The van der Waals surface area contributed by atoms with E-state index in [4.69, 9.17) is 22.4 Å². The second-order valence-corrected chi connectivity index (χ2v) is 7.78. The van der Waals surface area contributed by atoms with Crippen LogP contribution in [0.5, 0.6) is 0 Å². The Hall–Kier alpha value is -2.72. The van der Waals surface area contributed by atoms with Crippen LogP contribution in [-0.4, -0.2) is 35.3 Å². The fourth-order valence-electron chi connectivity index (χ4n) is 3.55. The number of hydrogen-bond donors (Lipinski definition) is 2. The lowest BCUT2D eigenvalue weighted by Crippen LogP contribution is -2.36. The predicted octanol–water partition coefficient (Wildman–Crippen LogP) is 4.69. The Kier molecular flexibility index (Phi) is 5.14. The maximum atomic E-state index is 12.2. The van der Waals surface area contributed by atoms with E-state index in [2.05, 4.69) is 0 Å². The first kappa shape index (κ1) is 18.6. The molecule has 2 N–H and O–H groups in total. The summed E-state index contributed by atoms with van der Waals surface area (Å²) in [6.45, 7) is 1.24. The fourth-order valence-corrected chi connectivity index (χ4v) is 3.68. The van der Waals surface area contributed by atoms with Gasteiger partial charge in [-0.05, 0) is 37.0 Å². The van der Waals surface area contributed by atoms with Crippen LogP contribution in [0.2, 0.25) is 5.02 Å². The second-order valence-electron chi connectivity index (χ2n) is 7.34. The molecule has 0 spiro atoms. The molecule has 2 aromatic rings. The van der Waals surface area contributed by atoms with E-state index in [-0.39, 0.29) is 11.8 Å². The maximum absolute atomic E-state index is 12.2. The minimum absolute atomic E-state index is 0.231. The van der Waals surface area contributed by atoms with E-state index in [0.717, 1.165) is 35.1 Å². The van der Waals surface area contributed by atoms with Crippen LogP contribution in [0.3, 0.4) is 0 Å². The third kappa shape index (κ3) is 3.78. The molecule has 1 aliphatic carbocycles. The van der Waals surface area contributed by atoms with Crippen molar-refractivity contribution in [1.82, 2.24) is 4.90 Å². The van der Waals surface area contributed by atoms with Gasteiger partial charge in [0.1, 0.15) is 0 Å². The predicted molar refractivity (Wildman–Crippen MR) is 113 cm³/mol. The van der Waals surface area contributed by atoms with Gasteiger partial charge in [0.2, 0.25) is 5.91 Å². The van der Waals surface area contributed by atoms with E-state index >= 15 is 0 Å². The first-order valence-corrected chi connectivity index (χ1v) is 9.93. The molecule has 1 aliphatic heterocycles. The Morgan fingerprint density at radius 1 is 0.964 bits per heavy atom. The van der Waals surface area contributed by atoms with Crippen molar-refractivity contribution in [3.63, 3.8) is 0 Å². The molecular weight excluding hydrogens is 370 g/mol. The monoisotopic (exact) mass is 391 g/mol. The second kappa shape index (κ2) is 7.72. The van der Waals surface area contributed by atoms with Crippen LogP contribution in [0.1, 0.15) is 36.0 Å². The molecule has 4 nitrogen and oxygen atoms in total.